The van der Waals surface area contributed by atoms with Crippen molar-refractivity contribution < 1.29 is 20.3 Å². The minimum atomic E-state index is -0.458. The second-order valence-electron chi connectivity index (χ2n) is 3.49. The van der Waals surface area contributed by atoms with E-state index in [1.54, 1.807) is 0 Å². The molecule has 0 aliphatic heterocycles. The van der Waals surface area contributed by atoms with E-state index in [1.165, 1.54) is 0 Å². The molecule has 0 radical (unpaired) electrons. The fraction of sp³-hybridized carbons (Fsp3) is 1.00. The van der Waals surface area contributed by atoms with Crippen LogP contribution in [0.5, 0.6) is 0 Å². The maximum atomic E-state index is 8.43. The predicted molar refractivity (Wildman–Crippen MR) is 44.8 cm³/mol. The van der Waals surface area contributed by atoms with Crippen LogP contribution in [0.3, 0.4) is 0 Å². The van der Waals surface area contributed by atoms with Crippen molar-refractivity contribution in [1.29, 1.82) is 0 Å². The molecule has 0 bridgehead atoms. The summed E-state index contributed by atoms with van der Waals surface area (Å²) >= 11 is 0. The molecule has 4 nitrogen and oxygen atoms in total. The highest BCUT2D eigenvalue weighted by Crippen LogP contribution is 2.16. The summed E-state index contributed by atoms with van der Waals surface area (Å²) in [4.78, 5) is 8.18. The van der Waals surface area contributed by atoms with Gasteiger partial charge < -0.3 is 0 Å². The van der Waals surface area contributed by atoms with Crippen LogP contribution in [-0.4, -0.2) is 22.7 Å². The molecule has 0 saturated heterocycles. The Morgan fingerprint density at radius 2 is 1.75 bits per heavy atom. The van der Waals surface area contributed by atoms with Gasteiger partial charge in [0, 0.05) is 0 Å². The maximum Gasteiger partial charge on any atom is 0.0977 e. The summed E-state index contributed by atoms with van der Waals surface area (Å²) in [6.45, 7) is 4.03. The smallest absolute Gasteiger partial charge is 0.0977 e. The fourth-order valence-electron chi connectivity index (χ4n) is 0.940. The van der Waals surface area contributed by atoms with Crippen LogP contribution in [-0.2, 0) is 9.78 Å². The Balaban J connectivity index is 3.19. The molecule has 2 N–H and O–H groups in total. The summed E-state index contributed by atoms with van der Waals surface area (Å²) in [5.41, 5.74) is -0.458. The van der Waals surface area contributed by atoms with Gasteiger partial charge in [-0.2, -0.15) is 0 Å². The standard InChI is InChI=1S/C8H18O4/c1-8(2,12-10)6-4-3-5-7-11-9/h9-10H,3-7H2,1-2H3. The van der Waals surface area contributed by atoms with Gasteiger partial charge in [-0.05, 0) is 26.7 Å². The van der Waals surface area contributed by atoms with Crippen molar-refractivity contribution >= 4 is 0 Å². The third-order valence-electron chi connectivity index (χ3n) is 1.76. The van der Waals surface area contributed by atoms with Crippen molar-refractivity contribution in [2.75, 3.05) is 6.61 Å². The number of rotatable bonds is 7. The lowest BCUT2D eigenvalue weighted by atomic mass is 10.0. The largest absolute Gasteiger partial charge is 0.252 e. The zero-order valence-electron chi connectivity index (χ0n) is 7.75. The molecule has 0 rings (SSSR count). The molecule has 0 aliphatic carbocycles. The number of hydrogen-bond donors (Lipinski definition) is 2. The second kappa shape index (κ2) is 6.37. The molecule has 0 saturated carbocycles. The Morgan fingerprint density at radius 3 is 2.25 bits per heavy atom. The van der Waals surface area contributed by atoms with Crippen molar-refractivity contribution in [2.45, 2.75) is 45.1 Å². The monoisotopic (exact) mass is 178 g/mol. The molecule has 0 amide bonds. The van der Waals surface area contributed by atoms with Crippen molar-refractivity contribution in [3.8, 4) is 0 Å². The van der Waals surface area contributed by atoms with Crippen molar-refractivity contribution in [1.82, 2.24) is 0 Å². The van der Waals surface area contributed by atoms with Crippen LogP contribution in [0.1, 0.15) is 39.5 Å². The zero-order chi connectivity index (χ0) is 9.45. The molecule has 0 aromatic rings. The van der Waals surface area contributed by atoms with E-state index < -0.39 is 5.60 Å². The SMILES string of the molecule is CC(C)(CCCCCOO)OO. The molecule has 0 spiro atoms. The van der Waals surface area contributed by atoms with E-state index in [1.807, 2.05) is 13.8 Å². The highest BCUT2D eigenvalue weighted by atomic mass is 17.1. The summed E-state index contributed by atoms with van der Waals surface area (Å²) in [6, 6.07) is 0. The Morgan fingerprint density at radius 1 is 1.08 bits per heavy atom. The van der Waals surface area contributed by atoms with Crippen LogP contribution < -0.4 is 0 Å². The lowest BCUT2D eigenvalue weighted by molar-refractivity contribution is -0.314. The molecule has 0 unspecified atom stereocenters. The third-order valence-corrected chi connectivity index (χ3v) is 1.76. The van der Waals surface area contributed by atoms with Crippen molar-refractivity contribution in [2.24, 2.45) is 0 Å². The summed E-state index contributed by atoms with van der Waals surface area (Å²) < 4.78 is 0. The predicted octanol–water partition coefficient (Wildman–Crippen LogP) is 2.30. The van der Waals surface area contributed by atoms with Crippen LogP contribution in [0.15, 0.2) is 0 Å². The highest BCUT2D eigenvalue weighted by Gasteiger charge is 2.17. The molecule has 74 valence electrons. The van der Waals surface area contributed by atoms with Crippen LogP contribution in [0, 0.1) is 0 Å². The Kier molecular flexibility index (Phi) is 6.28. The van der Waals surface area contributed by atoms with Gasteiger partial charge in [0.05, 0.1) is 12.2 Å². The van der Waals surface area contributed by atoms with Gasteiger partial charge in [0.2, 0.25) is 0 Å². The maximum absolute atomic E-state index is 8.43. The summed E-state index contributed by atoms with van der Waals surface area (Å²) in [5, 5.41) is 16.4. The normalized spacial score (nSPS) is 12.0. The van der Waals surface area contributed by atoms with Gasteiger partial charge in [0.25, 0.3) is 0 Å². The van der Waals surface area contributed by atoms with Gasteiger partial charge in [-0.25, -0.2) is 9.78 Å². The molecular formula is C8H18O4. The average Bonchev–Trinajstić information content (AvgIpc) is 2.04. The van der Waals surface area contributed by atoms with Crippen LogP contribution >= 0.6 is 0 Å². The molecule has 12 heavy (non-hydrogen) atoms. The Hall–Kier alpha value is -0.160. The summed E-state index contributed by atoms with van der Waals surface area (Å²) in [6.07, 6.45) is 3.55. The molecule has 0 aromatic heterocycles. The van der Waals surface area contributed by atoms with Gasteiger partial charge in [-0.1, -0.05) is 12.8 Å². The van der Waals surface area contributed by atoms with E-state index in [2.05, 4.69) is 9.78 Å². The molecular weight excluding hydrogens is 160 g/mol. The van der Waals surface area contributed by atoms with Crippen molar-refractivity contribution in [3.63, 3.8) is 0 Å². The number of hydrogen-bond acceptors (Lipinski definition) is 4. The first-order chi connectivity index (χ1) is 5.62. The van der Waals surface area contributed by atoms with E-state index in [9.17, 15) is 0 Å². The van der Waals surface area contributed by atoms with Crippen LogP contribution in [0.4, 0.5) is 0 Å². The minimum Gasteiger partial charge on any atom is -0.252 e. The molecule has 0 aromatic carbocycles. The van der Waals surface area contributed by atoms with Gasteiger partial charge in [-0.15, -0.1) is 0 Å². The second-order valence-corrected chi connectivity index (χ2v) is 3.49. The van der Waals surface area contributed by atoms with Gasteiger partial charge in [0.1, 0.15) is 0 Å². The molecule has 4 heteroatoms. The Labute approximate surface area is 73.0 Å². The fourth-order valence-corrected chi connectivity index (χ4v) is 0.940. The van der Waals surface area contributed by atoms with E-state index in [4.69, 9.17) is 10.5 Å². The summed E-state index contributed by atoms with van der Waals surface area (Å²) in [5.74, 6) is 0. The third kappa shape index (κ3) is 6.54. The number of unbranched alkanes of at least 4 members (excludes halogenated alkanes) is 2. The average molecular weight is 178 g/mol. The van der Waals surface area contributed by atoms with Crippen molar-refractivity contribution in [3.05, 3.63) is 0 Å². The zero-order valence-corrected chi connectivity index (χ0v) is 7.75. The Bertz CT molecular complexity index is 103. The van der Waals surface area contributed by atoms with Crippen LogP contribution in [0.25, 0.3) is 0 Å². The highest BCUT2D eigenvalue weighted by molar-refractivity contribution is 4.65. The topological polar surface area (TPSA) is 58.9 Å². The van der Waals surface area contributed by atoms with Gasteiger partial charge in [0.15, 0.2) is 0 Å². The van der Waals surface area contributed by atoms with E-state index in [0.29, 0.717) is 6.61 Å². The lowest BCUT2D eigenvalue weighted by Gasteiger charge is -2.19. The molecule has 0 aliphatic rings. The molecule has 0 atom stereocenters. The van der Waals surface area contributed by atoms with E-state index in [-0.39, 0.29) is 0 Å². The van der Waals surface area contributed by atoms with Gasteiger partial charge in [-0.3, -0.25) is 10.5 Å². The minimum absolute atomic E-state index is 0.375. The van der Waals surface area contributed by atoms with Crippen LogP contribution in [0.2, 0.25) is 0 Å². The van der Waals surface area contributed by atoms with Gasteiger partial charge >= 0.3 is 0 Å². The summed E-state index contributed by atoms with van der Waals surface area (Å²) in [7, 11) is 0. The molecule has 0 heterocycles. The van der Waals surface area contributed by atoms with E-state index >= 15 is 0 Å². The first-order valence-electron chi connectivity index (χ1n) is 4.21. The first-order valence-corrected chi connectivity index (χ1v) is 4.21. The lowest BCUT2D eigenvalue weighted by Crippen LogP contribution is -2.22. The van der Waals surface area contributed by atoms with E-state index in [0.717, 1.165) is 25.7 Å². The quantitative estimate of drug-likeness (QED) is 0.357. The molecule has 0 fully saturated rings. The first kappa shape index (κ1) is 11.8.